The monoisotopic (exact) mass is 134 g/mol. The van der Waals surface area contributed by atoms with E-state index in [1.165, 1.54) is 0 Å². The molecule has 2 N–H and O–H groups in total. The largest absolute Gasteiger partial charge is 0.383 e. The molecule has 1 heterocycles. The lowest BCUT2D eigenvalue weighted by Crippen LogP contribution is -1.91. The highest BCUT2D eigenvalue weighted by Crippen LogP contribution is 2.07. The number of nitrogen functional groups attached to an aromatic ring is 1. The molecule has 2 heteroatoms. The van der Waals surface area contributed by atoms with Crippen LogP contribution >= 0.6 is 0 Å². The van der Waals surface area contributed by atoms with Crippen LogP contribution in [0, 0.1) is 0 Å². The number of nitrogens with two attached hydrogens (primary N) is 1. The van der Waals surface area contributed by atoms with E-state index >= 15 is 0 Å². The maximum atomic E-state index is 5.54. The van der Waals surface area contributed by atoms with E-state index in [0.29, 0.717) is 5.82 Å². The molecule has 0 saturated heterocycles. The molecule has 52 valence electrons. The minimum atomic E-state index is 0.584. The van der Waals surface area contributed by atoms with Gasteiger partial charge in [-0.2, -0.15) is 0 Å². The zero-order chi connectivity index (χ0) is 7.40. The fraction of sp³-hybridized carbons (Fsp3) is 0.125. The molecule has 0 aliphatic rings. The van der Waals surface area contributed by atoms with Crippen LogP contribution in [0.1, 0.15) is 12.5 Å². The van der Waals surface area contributed by atoms with Gasteiger partial charge in [0, 0.05) is 11.8 Å². The zero-order valence-corrected chi connectivity index (χ0v) is 5.91. The standard InChI is InChI=1S/C8H10N2/c1-2-4-7-5-3-6-10-8(7)9/h2-6H,1H3,(H2,9,10)/b4-2+. The summed E-state index contributed by atoms with van der Waals surface area (Å²) in [6.45, 7) is 1.95. The molecule has 0 spiro atoms. The lowest BCUT2D eigenvalue weighted by Gasteiger charge is -1.95. The van der Waals surface area contributed by atoms with E-state index in [1.807, 2.05) is 31.2 Å². The lowest BCUT2D eigenvalue weighted by molar-refractivity contribution is 1.32. The van der Waals surface area contributed by atoms with Gasteiger partial charge in [0.1, 0.15) is 5.82 Å². The van der Waals surface area contributed by atoms with Crippen molar-refractivity contribution < 1.29 is 0 Å². The molecule has 0 aromatic carbocycles. The molecule has 0 saturated carbocycles. The van der Waals surface area contributed by atoms with Crippen LogP contribution in [0.5, 0.6) is 0 Å². The maximum absolute atomic E-state index is 5.54. The number of anilines is 1. The summed E-state index contributed by atoms with van der Waals surface area (Å²) in [5.74, 6) is 0.584. The van der Waals surface area contributed by atoms with Crippen LogP contribution < -0.4 is 5.73 Å². The first kappa shape index (κ1) is 6.81. The fourth-order valence-corrected chi connectivity index (χ4v) is 0.750. The van der Waals surface area contributed by atoms with E-state index < -0.39 is 0 Å². The summed E-state index contributed by atoms with van der Waals surface area (Å²) in [6.07, 6.45) is 5.55. The Kier molecular flexibility index (Phi) is 2.05. The van der Waals surface area contributed by atoms with Crippen molar-refractivity contribution in [1.82, 2.24) is 4.98 Å². The Morgan fingerprint density at radius 3 is 3.00 bits per heavy atom. The quantitative estimate of drug-likeness (QED) is 0.634. The molecule has 0 amide bonds. The van der Waals surface area contributed by atoms with E-state index in [-0.39, 0.29) is 0 Å². The molecule has 0 radical (unpaired) electrons. The Morgan fingerprint density at radius 2 is 2.40 bits per heavy atom. The van der Waals surface area contributed by atoms with Gasteiger partial charge < -0.3 is 5.73 Å². The van der Waals surface area contributed by atoms with Crippen LogP contribution in [-0.4, -0.2) is 4.98 Å². The summed E-state index contributed by atoms with van der Waals surface area (Å²) >= 11 is 0. The highest BCUT2D eigenvalue weighted by Gasteiger charge is 1.90. The molecule has 0 fully saturated rings. The van der Waals surface area contributed by atoms with Gasteiger partial charge in [-0.3, -0.25) is 0 Å². The minimum absolute atomic E-state index is 0.584. The van der Waals surface area contributed by atoms with Gasteiger partial charge in [-0.05, 0) is 19.1 Å². The second-order valence-electron chi connectivity index (χ2n) is 1.98. The maximum Gasteiger partial charge on any atom is 0.130 e. The topological polar surface area (TPSA) is 38.9 Å². The number of aromatic nitrogens is 1. The van der Waals surface area contributed by atoms with Gasteiger partial charge in [-0.25, -0.2) is 4.98 Å². The van der Waals surface area contributed by atoms with Crippen LogP contribution in [0.4, 0.5) is 5.82 Å². The second kappa shape index (κ2) is 3.01. The van der Waals surface area contributed by atoms with Gasteiger partial charge in [-0.1, -0.05) is 12.2 Å². The summed E-state index contributed by atoms with van der Waals surface area (Å²) in [6, 6.07) is 3.80. The Hall–Kier alpha value is -1.31. The summed E-state index contributed by atoms with van der Waals surface area (Å²) in [5, 5.41) is 0. The number of rotatable bonds is 1. The predicted octanol–water partition coefficient (Wildman–Crippen LogP) is 1.70. The molecule has 0 aliphatic carbocycles. The Bertz CT molecular complexity index is 241. The third kappa shape index (κ3) is 1.35. The van der Waals surface area contributed by atoms with E-state index in [4.69, 9.17) is 5.73 Å². The summed E-state index contributed by atoms with van der Waals surface area (Å²) in [4.78, 5) is 3.92. The van der Waals surface area contributed by atoms with Crippen molar-refractivity contribution in [3.8, 4) is 0 Å². The highest BCUT2D eigenvalue weighted by molar-refractivity contribution is 5.60. The average molecular weight is 134 g/mol. The van der Waals surface area contributed by atoms with Crippen LogP contribution in [0.2, 0.25) is 0 Å². The first-order valence-electron chi connectivity index (χ1n) is 3.18. The highest BCUT2D eigenvalue weighted by atomic mass is 14.8. The molecule has 10 heavy (non-hydrogen) atoms. The third-order valence-electron chi connectivity index (χ3n) is 1.22. The number of hydrogen-bond acceptors (Lipinski definition) is 2. The normalized spacial score (nSPS) is 10.5. The SMILES string of the molecule is C/C=C/c1cccnc1N. The van der Waals surface area contributed by atoms with Crippen LogP contribution in [-0.2, 0) is 0 Å². The number of allylic oxidation sites excluding steroid dienone is 1. The Balaban J connectivity index is 3.03. The van der Waals surface area contributed by atoms with Crippen LogP contribution in [0.15, 0.2) is 24.4 Å². The van der Waals surface area contributed by atoms with Gasteiger partial charge in [0.05, 0.1) is 0 Å². The first-order chi connectivity index (χ1) is 4.84. The van der Waals surface area contributed by atoms with Crippen molar-refractivity contribution in [2.45, 2.75) is 6.92 Å². The zero-order valence-electron chi connectivity index (χ0n) is 5.91. The molecular formula is C8H10N2. The molecule has 0 atom stereocenters. The molecule has 1 aromatic rings. The summed E-state index contributed by atoms with van der Waals surface area (Å²) < 4.78 is 0. The van der Waals surface area contributed by atoms with Crippen molar-refractivity contribution in [3.63, 3.8) is 0 Å². The molecule has 2 nitrogen and oxygen atoms in total. The third-order valence-corrected chi connectivity index (χ3v) is 1.22. The molecule has 0 bridgehead atoms. The second-order valence-corrected chi connectivity index (χ2v) is 1.98. The fourth-order valence-electron chi connectivity index (χ4n) is 0.750. The van der Waals surface area contributed by atoms with Crippen molar-refractivity contribution in [2.75, 3.05) is 5.73 Å². The van der Waals surface area contributed by atoms with Gasteiger partial charge in [0.25, 0.3) is 0 Å². The van der Waals surface area contributed by atoms with Gasteiger partial charge in [0.15, 0.2) is 0 Å². The summed E-state index contributed by atoms with van der Waals surface area (Å²) in [7, 11) is 0. The number of nitrogens with zero attached hydrogens (tertiary/aromatic N) is 1. The van der Waals surface area contributed by atoms with Crippen molar-refractivity contribution in [3.05, 3.63) is 30.0 Å². The predicted molar refractivity (Wildman–Crippen MR) is 43.4 cm³/mol. The van der Waals surface area contributed by atoms with E-state index in [0.717, 1.165) is 5.56 Å². The van der Waals surface area contributed by atoms with Gasteiger partial charge in [-0.15, -0.1) is 0 Å². The van der Waals surface area contributed by atoms with Crippen molar-refractivity contribution >= 4 is 11.9 Å². The van der Waals surface area contributed by atoms with E-state index in [2.05, 4.69) is 4.98 Å². The Morgan fingerprint density at radius 1 is 1.60 bits per heavy atom. The molecular weight excluding hydrogens is 124 g/mol. The van der Waals surface area contributed by atoms with Gasteiger partial charge in [0.2, 0.25) is 0 Å². The van der Waals surface area contributed by atoms with Crippen LogP contribution in [0.25, 0.3) is 6.08 Å². The first-order valence-corrected chi connectivity index (χ1v) is 3.18. The summed E-state index contributed by atoms with van der Waals surface area (Å²) in [5.41, 5.74) is 6.52. The smallest absolute Gasteiger partial charge is 0.130 e. The van der Waals surface area contributed by atoms with E-state index in [9.17, 15) is 0 Å². The van der Waals surface area contributed by atoms with Crippen LogP contribution in [0.3, 0.4) is 0 Å². The number of hydrogen-bond donors (Lipinski definition) is 1. The van der Waals surface area contributed by atoms with E-state index in [1.54, 1.807) is 6.20 Å². The lowest BCUT2D eigenvalue weighted by atomic mass is 10.2. The molecule has 1 rings (SSSR count). The molecule has 0 unspecified atom stereocenters. The van der Waals surface area contributed by atoms with Crippen molar-refractivity contribution in [2.24, 2.45) is 0 Å². The number of pyridine rings is 1. The average Bonchev–Trinajstić information content (AvgIpc) is 1.94. The van der Waals surface area contributed by atoms with Crippen molar-refractivity contribution in [1.29, 1.82) is 0 Å². The Labute approximate surface area is 60.4 Å². The minimum Gasteiger partial charge on any atom is -0.383 e. The van der Waals surface area contributed by atoms with Gasteiger partial charge >= 0.3 is 0 Å². The molecule has 0 aliphatic heterocycles. The molecule has 1 aromatic heterocycles.